The fourth-order valence-corrected chi connectivity index (χ4v) is 2.21. The first-order valence-corrected chi connectivity index (χ1v) is 7.99. The molecule has 0 unspecified atom stereocenters. The molecule has 0 aromatic heterocycles. The summed E-state index contributed by atoms with van der Waals surface area (Å²) in [5.41, 5.74) is 1.86. The van der Waals surface area contributed by atoms with E-state index in [2.05, 4.69) is 5.32 Å². The first kappa shape index (κ1) is 18.3. The number of aryl methyl sites for hydroxylation is 1. The number of carboxylic acid groups (broad SMARTS) is 1. The molecular formula is C19H22N2O4. The van der Waals surface area contributed by atoms with Gasteiger partial charge in [-0.2, -0.15) is 0 Å². The van der Waals surface area contributed by atoms with E-state index < -0.39 is 5.97 Å². The predicted molar refractivity (Wildman–Crippen MR) is 94.8 cm³/mol. The van der Waals surface area contributed by atoms with Crippen LogP contribution >= 0.6 is 0 Å². The van der Waals surface area contributed by atoms with Crippen molar-refractivity contribution in [1.82, 2.24) is 10.2 Å². The summed E-state index contributed by atoms with van der Waals surface area (Å²) >= 11 is 0. The highest BCUT2D eigenvalue weighted by Crippen LogP contribution is 2.27. The topological polar surface area (TPSA) is 78.9 Å². The summed E-state index contributed by atoms with van der Waals surface area (Å²) in [5.74, 6) is 0.502. The predicted octanol–water partition coefficient (Wildman–Crippen LogP) is 3.40. The van der Waals surface area contributed by atoms with Gasteiger partial charge in [0.1, 0.15) is 11.5 Å². The summed E-state index contributed by atoms with van der Waals surface area (Å²) in [6.45, 7) is 2.41. The molecule has 0 fully saturated rings. The van der Waals surface area contributed by atoms with E-state index in [4.69, 9.17) is 9.84 Å². The Balaban J connectivity index is 2.00. The first-order valence-electron chi connectivity index (χ1n) is 7.99. The van der Waals surface area contributed by atoms with Gasteiger partial charge in [-0.05, 0) is 24.6 Å². The van der Waals surface area contributed by atoms with Crippen LogP contribution in [-0.2, 0) is 11.3 Å². The van der Waals surface area contributed by atoms with Crippen LogP contribution in [0.4, 0.5) is 4.79 Å². The molecule has 0 saturated carbocycles. The van der Waals surface area contributed by atoms with Gasteiger partial charge in [0.15, 0.2) is 0 Å². The quantitative estimate of drug-likeness (QED) is 0.808. The van der Waals surface area contributed by atoms with E-state index in [1.165, 1.54) is 4.90 Å². The number of aliphatic carboxylic acids is 1. The van der Waals surface area contributed by atoms with Crippen molar-refractivity contribution in [3.63, 3.8) is 0 Å². The largest absolute Gasteiger partial charge is 0.481 e. The number of hydrogen-bond donors (Lipinski definition) is 2. The van der Waals surface area contributed by atoms with Crippen LogP contribution in [0, 0.1) is 6.92 Å². The zero-order valence-corrected chi connectivity index (χ0v) is 14.4. The summed E-state index contributed by atoms with van der Waals surface area (Å²) in [6.07, 6.45) is -0.0864. The summed E-state index contributed by atoms with van der Waals surface area (Å²) in [7, 11) is 1.56. The van der Waals surface area contributed by atoms with E-state index in [0.29, 0.717) is 5.75 Å². The molecule has 0 aliphatic rings. The van der Waals surface area contributed by atoms with Gasteiger partial charge in [0.2, 0.25) is 0 Å². The third kappa shape index (κ3) is 5.53. The van der Waals surface area contributed by atoms with Gasteiger partial charge in [0.25, 0.3) is 0 Å². The van der Waals surface area contributed by atoms with Crippen molar-refractivity contribution in [1.29, 1.82) is 0 Å². The molecule has 6 heteroatoms. The lowest BCUT2D eigenvalue weighted by atomic mass is 10.2. The third-order valence-electron chi connectivity index (χ3n) is 3.72. The average Bonchev–Trinajstić information content (AvgIpc) is 2.60. The Morgan fingerprint density at radius 1 is 1.08 bits per heavy atom. The van der Waals surface area contributed by atoms with Crippen LogP contribution in [-0.4, -0.2) is 35.6 Å². The number of rotatable bonds is 7. The molecule has 2 aromatic rings. The molecule has 0 spiro atoms. The van der Waals surface area contributed by atoms with Gasteiger partial charge in [-0.25, -0.2) is 4.79 Å². The Morgan fingerprint density at radius 3 is 2.40 bits per heavy atom. The van der Waals surface area contributed by atoms with Crippen molar-refractivity contribution in [2.24, 2.45) is 0 Å². The molecule has 132 valence electrons. The molecule has 2 aromatic carbocycles. The SMILES string of the molecule is Cc1ccccc1Oc1ccccc1CNC(=O)N(C)CCC(=O)O. The monoisotopic (exact) mass is 342 g/mol. The van der Waals surface area contributed by atoms with Gasteiger partial charge < -0.3 is 20.1 Å². The lowest BCUT2D eigenvalue weighted by molar-refractivity contribution is -0.137. The Hall–Kier alpha value is -3.02. The number of amides is 2. The molecule has 25 heavy (non-hydrogen) atoms. The zero-order chi connectivity index (χ0) is 18.2. The van der Waals surface area contributed by atoms with Crippen LogP contribution in [0.3, 0.4) is 0 Å². The van der Waals surface area contributed by atoms with Gasteiger partial charge in [-0.15, -0.1) is 0 Å². The van der Waals surface area contributed by atoms with Gasteiger partial charge >= 0.3 is 12.0 Å². The maximum atomic E-state index is 12.0. The summed E-state index contributed by atoms with van der Waals surface area (Å²) in [5, 5.41) is 11.5. The number of para-hydroxylation sites is 2. The second-order valence-electron chi connectivity index (χ2n) is 5.70. The van der Waals surface area contributed by atoms with Crippen molar-refractivity contribution in [3.05, 3.63) is 59.7 Å². The molecule has 6 nitrogen and oxygen atoms in total. The van der Waals surface area contributed by atoms with Crippen LogP contribution in [0.15, 0.2) is 48.5 Å². The minimum absolute atomic E-state index is 0.0864. The summed E-state index contributed by atoms with van der Waals surface area (Å²) in [6, 6.07) is 14.9. The standard InChI is InChI=1S/C19H22N2O4/c1-14-7-3-5-9-16(14)25-17-10-6-4-8-15(17)13-20-19(24)21(2)12-11-18(22)23/h3-10H,11-13H2,1-2H3,(H,20,24)(H,22,23). The van der Waals surface area contributed by atoms with Gasteiger partial charge in [0.05, 0.1) is 6.42 Å². The van der Waals surface area contributed by atoms with Crippen LogP contribution in [0.25, 0.3) is 0 Å². The van der Waals surface area contributed by atoms with Crippen LogP contribution in [0.5, 0.6) is 11.5 Å². The Kier molecular flexibility index (Phi) is 6.39. The number of carbonyl (C=O) groups excluding carboxylic acids is 1. The smallest absolute Gasteiger partial charge is 0.317 e. The molecule has 0 atom stereocenters. The zero-order valence-electron chi connectivity index (χ0n) is 14.4. The van der Waals surface area contributed by atoms with E-state index in [1.807, 2.05) is 55.5 Å². The molecule has 0 saturated heterocycles. The molecule has 0 heterocycles. The fourth-order valence-electron chi connectivity index (χ4n) is 2.21. The fraction of sp³-hybridized carbons (Fsp3) is 0.263. The Bertz CT molecular complexity index is 746. The lowest BCUT2D eigenvalue weighted by Crippen LogP contribution is -2.38. The average molecular weight is 342 g/mol. The normalized spacial score (nSPS) is 10.2. The van der Waals surface area contributed by atoms with Crippen molar-refractivity contribution in [2.45, 2.75) is 19.9 Å². The maximum absolute atomic E-state index is 12.0. The molecule has 0 aliphatic carbocycles. The lowest BCUT2D eigenvalue weighted by Gasteiger charge is -2.18. The number of nitrogens with one attached hydrogen (secondary N) is 1. The van der Waals surface area contributed by atoms with Crippen LogP contribution < -0.4 is 10.1 Å². The summed E-state index contributed by atoms with van der Waals surface area (Å²) < 4.78 is 5.97. The Morgan fingerprint density at radius 2 is 1.72 bits per heavy atom. The Labute approximate surface area is 147 Å². The molecule has 2 rings (SSSR count). The number of nitrogens with zero attached hydrogens (tertiary/aromatic N) is 1. The van der Waals surface area contributed by atoms with Crippen molar-refractivity contribution in [3.8, 4) is 11.5 Å². The highest BCUT2D eigenvalue weighted by molar-refractivity contribution is 5.75. The minimum atomic E-state index is -0.934. The van der Waals surface area contributed by atoms with E-state index in [0.717, 1.165) is 16.9 Å². The highest BCUT2D eigenvalue weighted by Gasteiger charge is 2.11. The number of carbonyl (C=O) groups is 2. The second-order valence-corrected chi connectivity index (χ2v) is 5.70. The number of ether oxygens (including phenoxy) is 1. The number of hydrogen-bond acceptors (Lipinski definition) is 3. The van der Waals surface area contributed by atoms with E-state index in [9.17, 15) is 9.59 Å². The van der Waals surface area contributed by atoms with E-state index >= 15 is 0 Å². The molecule has 0 bridgehead atoms. The molecule has 2 amide bonds. The number of urea groups is 1. The molecule has 2 N–H and O–H groups in total. The third-order valence-corrected chi connectivity index (χ3v) is 3.72. The van der Waals surface area contributed by atoms with Crippen molar-refractivity contribution in [2.75, 3.05) is 13.6 Å². The highest BCUT2D eigenvalue weighted by atomic mass is 16.5. The number of benzene rings is 2. The van der Waals surface area contributed by atoms with E-state index in [-0.39, 0.29) is 25.5 Å². The second kappa shape index (κ2) is 8.73. The van der Waals surface area contributed by atoms with Crippen LogP contribution in [0.2, 0.25) is 0 Å². The molecular weight excluding hydrogens is 320 g/mol. The van der Waals surface area contributed by atoms with Gasteiger partial charge in [-0.3, -0.25) is 4.79 Å². The van der Waals surface area contributed by atoms with Gasteiger partial charge in [0, 0.05) is 25.7 Å². The minimum Gasteiger partial charge on any atom is -0.481 e. The molecule has 0 aliphatic heterocycles. The van der Waals surface area contributed by atoms with Crippen molar-refractivity contribution < 1.29 is 19.4 Å². The summed E-state index contributed by atoms with van der Waals surface area (Å²) in [4.78, 5) is 24.0. The van der Waals surface area contributed by atoms with Crippen molar-refractivity contribution >= 4 is 12.0 Å². The van der Waals surface area contributed by atoms with Gasteiger partial charge in [-0.1, -0.05) is 36.4 Å². The first-order chi connectivity index (χ1) is 12.0. The van der Waals surface area contributed by atoms with E-state index in [1.54, 1.807) is 7.05 Å². The molecule has 0 radical (unpaired) electrons. The van der Waals surface area contributed by atoms with Crippen LogP contribution in [0.1, 0.15) is 17.5 Å². The maximum Gasteiger partial charge on any atom is 0.317 e. The number of carboxylic acids is 1.